The van der Waals surface area contributed by atoms with Crippen LogP contribution in [0.15, 0.2) is 0 Å². The van der Waals surface area contributed by atoms with Crippen molar-refractivity contribution < 1.29 is 110 Å². The van der Waals surface area contributed by atoms with Gasteiger partial charge in [0.1, 0.15) is 79.0 Å². The summed E-state index contributed by atoms with van der Waals surface area (Å²) in [5.41, 5.74) is -0.437. The van der Waals surface area contributed by atoms with Crippen molar-refractivity contribution in [1.29, 1.82) is 0 Å². The third kappa shape index (κ3) is 33.4. The molecule has 1 heterocycles. The predicted molar refractivity (Wildman–Crippen MR) is 456 cm³/mol. The average molecular weight is 1710 g/mol. The summed E-state index contributed by atoms with van der Waals surface area (Å²) in [6.45, 7) is 0. The van der Waals surface area contributed by atoms with E-state index in [1.54, 1.807) is 0 Å². The molecular formula is C99H156O23. The Morgan fingerprint density at radius 1 is 0.205 bits per heavy atom. The first-order valence-corrected chi connectivity index (χ1v) is 50.2. The minimum absolute atomic E-state index is 0.0598. The lowest BCUT2D eigenvalue weighted by atomic mass is 9.69. The van der Waals surface area contributed by atoms with E-state index in [-0.39, 0.29) is 115 Å². The maximum absolute atomic E-state index is 13.8. The summed E-state index contributed by atoms with van der Waals surface area (Å²) in [7, 11) is 0. The van der Waals surface area contributed by atoms with Crippen molar-refractivity contribution in [2.45, 2.75) is 529 Å². The predicted octanol–water partition coefficient (Wildman–Crippen LogP) is 21.0. The van der Waals surface area contributed by atoms with Crippen molar-refractivity contribution in [2.75, 3.05) is 0 Å². The Morgan fingerprint density at radius 2 is 0.377 bits per heavy atom. The molecule has 690 valence electrons. The summed E-state index contributed by atoms with van der Waals surface area (Å²) in [4.78, 5) is 143. The Bertz CT molecular complexity index is 2980. The summed E-state index contributed by atoms with van der Waals surface area (Å²) in [6.07, 6.45) is 62.5. The Hall–Kier alpha value is -5.87. The van der Waals surface area contributed by atoms with E-state index in [9.17, 15) is 52.7 Å². The van der Waals surface area contributed by atoms with E-state index >= 15 is 0 Å². The van der Waals surface area contributed by atoms with Gasteiger partial charge in [0.15, 0.2) is 12.2 Å². The van der Waals surface area contributed by atoms with E-state index in [4.69, 9.17) is 56.8 Å². The molecule has 1 saturated heterocycles. The highest BCUT2D eigenvalue weighted by Crippen LogP contribution is 2.47. The van der Waals surface area contributed by atoms with E-state index in [0.29, 0.717) is 25.7 Å². The Kier molecular flexibility index (Phi) is 41.6. The summed E-state index contributed by atoms with van der Waals surface area (Å²) in [6, 6.07) is 0. The first kappa shape index (κ1) is 96.8. The van der Waals surface area contributed by atoms with Crippen molar-refractivity contribution in [3.63, 3.8) is 0 Å². The second-order valence-corrected chi connectivity index (χ2v) is 39.6. The van der Waals surface area contributed by atoms with Gasteiger partial charge in [-0.15, -0.1) is 0 Å². The van der Waals surface area contributed by atoms with Crippen LogP contribution in [0.25, 0.3) is 0 Å². The fourth-order valence-corrected chi connectivity index (χ4v) is 22.4. The molecule has 0 spiro atoms. The number of esters is 11. The summed E-state index contributed by atoms with van der Waals surface area (Å²) >= 11 is 0. The zero-order valence-corrected chi connectivity index (χ0v) is 74.6. The van der Waals surface area contributed by atoms with Crippen LogP contribution in [-0.2, 0) is 110 Å². The lowest BCUT2D eigenvalue weighted by Gasteiger charge is -2.37. The number of ether oxygens (including phenoxy) is 12. The molecule has 13 aliphatic carbocycles. The van der Waals surface area contributed by atoms with Crippen molar-refractivity contribution >= 4 is 65.7 Å². The first-order chi connectivity index (χ1) is 59.4. The molecule has 0 amide bonds. The summed E-state index contributed by atoms with van der Waals surface area (Å²) < 4.78 is 69.4. The van der Waals surface area contributed by atoms with Crippen molar-refractivity contribution in [3.05, 3.63) is 0 Å². The number of hydrogen-bond acceptors (Lipinski definition) is 23. The maximum atomic E-state index is 13.8. The molecule has 14 aliphatic rings. The zero-order chi connectivity index (χ0) is 85.6. The highest BCUT2D eigenvalue weighted by molar-refractivity contribution is 5.94. The largest absolute Gasteiger partial charge is 0.462 e. The number of carbonyl (C=O) groups excluding carboxylic acids is 11. The molecule has 0 aromatic heterocycles. The molecule has 13 saturated carbocycles. The van der Waals surface area contributed by atoms with Crippen LogP contribution in [0.2, 0.25) is 0 Å². The second kappa shape index (κ2) is 52.4. The molecule has 0 radical (unpaired) electrons. The molecule has 14 fully saturated rings. The topological polar surface area (TPSA) is 299 Å². The molecule has 23 heteroatoms. The molecule has 122 heavy (non-hydrogen) atoms. The molecule has 0 aromatic rings. The molecule has 0 aromatic carbocycles. The van der Waals surface area contributed by atoms with Gasteiger partial charge in [0, 0.05) is 0 Å². The normalized spacial score (nSPS) is 26.1. The minimum Gasteiger partial charge on any atom is -0.462 e. The SMILES string of the molecule is O=C(CC(CC(=O)OC1CCCCC1)C(=O)OC1CCCCC1)OC1CCCCC1.O=C(CC1(CC(=O)OC2CCCCC2)CCCC1)OC1CCCCC1.O=C(CC1(CC(=O)OC2CCCCC2)CCCCC1)OC1CCCCC1.O=C(OC1CCCCC1)C1OC(C(=O)OC2CCCCC2)C(C(=O)OC2CCCCC2)C1C(=O)OC1CCCCC1. The molecule has 0 bridgehead atoms. The molecule has 1 aliphatic heterocycles. The van der Waals surface area contributed by atoms with E-state index in [0.717, 1.165) is 360 Å². The fraction of sp³-hybridized carbons (Fsp3) is 0.889. The third-order valence-electron chi connectivity index (χ3n) is 29.4. The van der Waals surface area contributed by atoms with Gasteiger partial charge in [0.05, 0.1) is 44.4 Å². The van der Waals surface area contributed by atoms with Crippen molar-refractivity contribution in [1.82, 2.24) is 0 Å². The van der Waals surface area contributed by atoms with Crippen LogP contribution < -0.4 is 0 Å². The van der Waals surface area contributed by atoms with Crippen LogP contribution in [0, 0.1) is 28.6 Å². The monoisotopic (exact) mass is 1710 g/mol. The molecule has 0 N–H and O–H groups in total. The van der Waals surface area contributed by atoms with Crippen LogP contribution in [0.4, 0.5) is 0 Å². The van der Waals surface area contributed by atoms with Crippen LogP contribution in [0.1, 0.15) is 449 Å². The molecule has 14 rings (SSSR count). The van der Waals surface area contributed by atoms with Crippen LogP contribution in [-0.4, -0.2) is 145 Å². The van der Waals surface area contributed by atoms with Crippen LogP contribution in [0.5, 0.6) is 0 Å². The quantitative estimate of drug-likeness (QED) is 0.0519. The van der Waals surface area contributed by atoms with E-state index < -0.39 is 71.7 Å². The van der Waals surface area contributed by atoms with Gasteiger partial charge in [-0.3, -0.25) is 43.2 Å². The second-order valence-electron chi connectivity index (χ2n) is 39.6. The Balaban J connectivity index is 0.000000162. The Labute approximate surface area is 729 Å². The fourth-order valence-electron chi connectivity index (χ4n) is 22.4. The average Bonchev–Trinajstić information content (AvgIpc) is 1.61. The highest BCUT2D eigenvalue weighted by Gasteiger charge is 2.61. The van der Waals surface area contributed by atoms with Gasteiger partial charge >= 0.3 is 65.7 Å². The molecular weight excluding hydrogens is 1560 g/mol. The van der Waals surface area contributed by atoms with Gasteiger partial charge < -0.3 is 56.8 Å². The van der Waals surface area contributed by atoms with Crippen LogP contribution >= 0.6 is 0 Å². The van der Waals surface area contributed by atoms with E-state index in [1.807, 2.05) is 0 Å². The van der Waals surface area contributed by atoms with Gasteiger partial charge in [-0.2, -0.15) is 0 Å². The third-order valence-corrected chi connectivity index (χ3v) is 29.4. The van der Waals surface area contributed by atoms with Gasteiger partial charge in [0.25, 0.3) is 0 Å². The first-order valence-electron chi connectivity index (χ1n) is 50.2. The Morgan fingerprint density at radius 3 is 0.598 bits per heavy atom. The van der Waals surface area contributed by atoms with Gasteiger partial charge in [-0.05, 0) is 319 Å². The van der Waals surface area contributed by atoms with E-state index in [1.165, 1.54) is 51.4 Å². The summed E-state index contributed by atoms with van der Waals surface area (Å²) in [5, 5.41) is 0. The smallest absolute Gasteiger partial charge is 0.336 e. The van der Waals surface area contributed by atoms with Gasteiger partial charge in [-0.25, -0.2) is 9.59 Å². The van der Waals surface area contributed by atoms with Gasteiger partial charge in [-0.1, -0.05) is 103 Å². The number of hydrogen-bond donors (Lipinski definition) is 0. The molecule has 23 nitrogen and oxygen atoms in total. The standard InChI is InChI=1S/C32H48O9.C24H38O6.C22H36O4.C21H34O4/c33-29(37-21-13-5-1-6-14-21)25-26(30(34)38-22-15-7-2-8-16-22)28(32(36)40-24-19-11-4-12-20-24)41-27(25)31(35)39-23-17-9-3-10-18-23;25-22(28-19-10-4-1-5-11-19)16-18(24(27)30-21-14-8-3-9-15-21)17-23(26)29-20-12-6-2-7-13-20;23-20(25-18-10-4-1-5-11-18)16-22(14-8-3-9-15-22)17-21(24)26-19-12-6-2-7-13-19;22-19(24-17-9-3-1-4-10-17)15-21(13-7-8-14-21)16-20(23)25-18-11-5-2-6-12-18/h21-28H,1-20H2;18-21H,1-17H2;18-19H,1-17H2;17-18H,1-16H2. The highest BCUT2D eigenvalue weighted by atomic mass is 16.6. The summed E-state index contributed by atoms with van der Waals surface area (Å²) in [5.74, 6) is -7.94. The molecule has 4 atom stereocenters. The molecule has 4 unspecified atom stereocenters. The minimum atomic E-state index is -1.43. The lowest BCUT2D eigenvalue weighted by Crippen LogP contribution is -2.44. The number of carbonyl (C=O) groups is 11. The van der Waals surface area contributed by atoms with Crippen molar-refractivity contribution in [2.24, 2.45) is 28.6 Å². The van der Waals surface area contributed by atoms with Gasteiger partial charge in [0.2, 0.25) is 0 Å². The van der Waals surface area contributed by atoms with Crippen molar-refractivity contribution in [3.8, 4) is 0 Å². The number of rotatable bonds is 28. The maximum Gasteiger partial charge on any atom is 0.336 e. The van der Waals surface area contributed by atoms with Crippen LogP contribution in [0.3, 0.4) is 0 Å². The lowest BCUT2D eigenvalue weighted by molar-refractivity contribution is -0.178. The zero-order valence-electron chi connectivity index (χ0n) is 74.6. The van der Waals surface area contributed by atoms with E-state index in [2.05, 4.69) is 0 Å².